The van der Waals surface area contributed by atoms with Crippen molar-refractivity contribution in [2.45, 2.75) is 6.18 Å². The molecule has 0 unspecified atom stereocenters. The summed E-state index contributed by atoms with van der Waals surface area (Å²) >= 11 is 0. The first kappa shape index (κ1) is 25.5. The van der Waals surface area contributed by atoms with Gasteiger partial charge in [0.1, 0.15) is 23.7 Å². The van der Waals surface area contributed by atoms with Crippen molar-refractivity contribution < 1.29 is 41.7 Å². The summed E-state index contributed by atoms with van der Waals surface area (Å²) in [6.07, 6.45) is -3.22. The van der Waals surface area contributed by atoms with E-state index in [2.05, 4.69) is 10.3 Å². The van der Waals surface area contributed by atoms with Gasteiger partial charge in [0.05, 0.1) is 17.9 Å². The Morgan fingerprint density at radius 1 is 1.00 bits per heavy atom. The minimum Gasteiger partial charge on any atom is -0.489 e. The summed E-state index contributed by atoms with van der Waals surface area (Å²) in [7, 11) is 1.44. The van der Waals surface area contributed by atoms with Gasteiger partial charge in [-0.2, -0.15) is 13.2 Å². The number of esters is 1. The van der Waals surface area contributed by atoms with Crippen LogP contribution in [0.15, 0.2) is 66.9 Å². The Hall–Kier alpha value is -4.12. The molecule has 0 bridgehead atoms. The van der Waals surface area contributed by atoms with Gasteiger partial charge in [-0.3, -0.25) is 4.79 Å². The molecule has 0 aliphatic heterocycles. The molecule has 0 spiro atoms. The fourth-order valence-corrected chi connectivity index (χ4v) is 2.79. The molecule has 11 heteroatoms. The lowest BCUT2D eigenvalue weighted by Crippen LogP contribution is -2.22. The van der Waals surface area contributed by atoms with E-state index in [4.69, 9.17) is 18.9 Å². The number of halogens is 3. The maximum Gasteiger partial charge on any atom is 0.416 e. The first-order valence-corrected chi connectivity index (χ1v) is 10.3. The molecule has 0 fully saturated rings. The van der Waals surface area contributed by atoms with Crippen LogP contribution in [-0.4, -0.2) is 43.8 Å². The smallest absolute Gasteiger partial charge is 0.416 e. The van der Waals surface area contributed by atoms with E-state index in [0.29, 0.717) is 5.75 Å². The van der Waals surface area contributed by atoms with E-state index in [1.54, 1.807) is 30.3 Å². The molecule has 8 nitrogen and oxygen atoms in total. The number of hydrogen-bond acceptors (Lipinski definition) is 7. The Bertz CT molecular complexity index is 1160. The molecule has 3 aromatic rings. The number of para-hydroxylation sites is 1. The molecule has 1 amide bonds. The van der Waals surface area contributed by atoms with Crippen LogP contribution in [0.2, 0.25) is 0 Å². The lowest BCUT2D eigenvalue weighted by molar-refractivity contribution is -0.137. The van der Waals surface area contributed by atoms with E-state index >= 15 is 0 Å². The van der Waals surface area contributed by atoms with Crippen LogP contribution in [0.1, 0.15) is 15.9 Å². The molecule has 0 saturated heterocycles. The average Bonchev–Trinajstić information content (AvgIpc) is 2.84. The van der Waals surface area contributed by atoms with Crippen molar-refractivity contribution in [3.63, 3.8) is 0 Å². The van der Waals surface area contributed by atoms with Gasteiger partial charge in [-0.1, -0.05) is 18.2 Å². The number of nitrogens with zero attached hydrogens (tertiary/aromatic N) is 1. The second kappa shape index (κ2) is 11.8. The Balaban J connectivity index is 1.68. The maximum atomic E-state index is 13.1. The van der Waals surface area contributed by atoms with Gasteiger partial charge >= 0.3 is 12.1 Å². The minimum atomic E-state index is -4.63. The van der Waals surface area contributed by atoms with Gasteiger partial charge in [0.15, 0.2) is 6.61 Å². The van der Waals surface area contributed by atoms with Gasteiger partial charge < -0.3 is 24.3 Å². The second-order valence-electron chi connectivity index (χ2n) is 6.95. The molecule has 0 aliphatic rings. The number of nitrogens with one attached hydrogen (secondary N) is 1. The molecule has 35 heavy (non-hydrogen) atoms. The summed E-state index contributed by atoms with van der Waals surface area (Å²) in [4.78, 5) is 28.9. The molecular weight excluding hydrogens is 469 g/mol. The van der Waals surface area contributed by atoms with Crippen molar-refractivity contribution in [1.82, 2.24) is 4.98 Å². The van der Waals surface area contributed by atoms with E-state index in [1.165, 1.54) is 25.4 Å². The SMILES string of the molecule is COCCOc1ccc(C(F)(F)F)cc1NC(=O)COC(=O)c1cccnc1Oc1ccccc1. The van der Waals surface area contributed by atoms with Crippen molar-refractivity contribution in [2.75, 3.05) is 32.2 Å². The quantitative estimate of drug-likeness (QED) is 0.325. The van der Waals surface area contributed by atoms with Crippen LogP contribution in [0.25, 0.3) is 0 Å². The third-order valence-electron chi connectivity index (χ3n) is 4.41. The van der Waals surface area contributed by atoms with Crippen LogP contribution in [0, 0.1) is 0 Å². The lowest BCUT2D eigenvalue weighted by Gasteiger charge is -2.15. The number of alkyl halides is 3. The zero-order valence-corrected chi connectivity index (χ0v) is 18.5. The van der Waals surface area contributed by atoms with Crippen molar-refractivity contribution in [2.24, 2.45) is 0 Å². The monoisotopic (exact) mass is 490 g/mol. The number of aromatic nitrogens is 1. The Morgan fingerprint density at radius 3 is 2.49 bits per heavy atom. The number of carbonyl (C=O) groups excluding carboxylic acids is 2. The number of carbonyl (C=O) groups is 2. The largest absolute Gasteiger partial charge is 0.489 e. The maximum absolute atomic E-state index is 13.1. The van der Waals surface area contributed by atoms with E-state index in [-0.39, 0.29) is 36.1 Å². The average molecular weight is 490 g/mol. The van der Waals surface area contributed by atoms with Crippen LogP contribution in [0.3, 0.4) is 0 Å². The molecular formula is C24H21F3N2O6. The highest BCUT2D eigenvalue weighted by Gasteiger charge is 2.31. The van der Waals surface area contributed by atoms with Crippen molar-refractivity contribution in [3.05, 3.63) is 78.0 Å². The zero-order valence-electron chi connectivity index (χ0n) is 18.5. The summed E-state index contributed by atoms with van der Waals surface area (Å²) < 4.78 is 60.2. The predicted octanol–water partition coefficient (Wildman–Crippen LogP) is 4.71. The first-order valence-electron chi connectivity index (χ1n) is 10.3. The number of amides is 1. The van der Waals surface area contributed by atoms with Gasteiger partial charge in [-0.25, -0.2) is 9.78 Å². The molecule has 0 aliphatic carbocycles. The predicted molar refractivity (Wildman–Crippen MR) is 118 cm³/mol. The third kappa shape index (κ3) is 7.44. The number of methoxy groups -OCH3 is 1. The molecule has 2 aromatic carbocycles. The van der Waals surface area contributed by atoms with Gasteiger partial charge in [-0.05, 0) is 42.5 Å². The molecule has 0 radical (unpaired) electrons. The number of pyridine rings is 1. The van der Waals surface area contributed by atoms with Gasteiger partial charge in [0.25, 0.3) is 5.91 Å². The van der Waals surface area contributed by atoms with Gasteiger partial charge in [-0.15, -0.1) is 0 Å². The molecule has 1 N–H and O–H groups in total. The highest BCUT2D eigenvalue weighted by Crippen LogP contribution is 2.35. The second-order valence-corrected chi connectivity index (χ2v) is 6.95. The highest BCUT2D eigenvalue weighted by atomic mass is 19.4. The van der Waals surface area contributed by atoms with E-state index < -0.39 is 30.2 Å². The van der Waals surface area contributed by atoms with Crippen molar-refractivity contribution >= 4 is 17.6 Å². The summed E-state index contributed by atoms with van der Waals surface area (Å²) in [5, 5.41) is 2.28. The molecule has 0 saturated carbocycles. The minimum absolute atomic E-state index is 0.000494. The molecule has 1 heterocycles. The van der Waals surface area contributed by atoms with Gasteiger partial charge in [0.2, 0.25) is 5.88 Å². The summed E-state index contributed by atoms with van der Waals surface area (Å²) in [5.41, 5.74) is -1.25. The number of benzene rings is 2. The molecule has 184 valence electrons. The van der Waals surface area contributed by atoms with Crippen LogP contribution < -0.4 is 14.8 Å². The number of hydrogen-bond donors (Lipinski definition) is 1. The molecule has 0 atom stereocenters. The summed E-state index contributed by atoms with van der Waals surface area (Å²) in [6, 6.07) is 14.1. The number of rotatable bonds is 10. The van der Waals surface area contributed by atoms with E-state index in [9.17, 15) is 22.8 Å². The molecule has 3 rings (SSSR count). The Kier molecular flexibility index (Phi) is 8.63. The Morgan fingerprint density at radius 2 is 1.77 bits per heavy atom. The normalized spacial score (nSPS) is 11.0. The molecule has 1 aromatic heterocycles. The zero-order chi connectivity index (χ0) is 25.3. The fourth-order valence-electron chi connectivity index (χ4n) is 2.79. The van der Waals surface area contributed by atoms with Crippen LogP contribution in [-0.2, 0) is 20.4 Å². The van der Waals surface area contributed by atoms with Crippen molar-refractivity contribution in [1.29, 1.82) is 0 Å². The lowest BCUT2D eigenvalue weighted by atomic mass is 10.1. The fraction of sp³-hybridized carbons (Fsp3) is 0.208. The number of anilines is 1. The Labute approximate surface area is 198 Å². The van der Waals surface area contributed by atoms with Gasteiger partial charge in [0, 0.05) is 13.3 Å². The van der Waals surface area contributed by atoms with Crippen LogP contribution >= 0.6 is 0 Å². The number of ether oxygens (including phenoxy) is 4. The van der Waals surface area contributed by atoms with Crippen LogP contribution in [0.5, 0.6) is 17.4 Å². The van der Waals surface area contributed by atoms with E-state index in [0.717, 1.165) is 18.2 Å². The first-order chi connectivity index (χ1) is 16.8. The standard InChI is InChI=1S/C24H21F3N2O6/c1-32-12-13-33-20-10-9-16(24(25,26)27)14-19(20)29-21(30)15-34-23(31)18-8-5-11-28-22(18)35-17-6-3-2-4-7-17/h2-11,14H,12-13,15H2,1H3,(H,29,30). The summed E-state index contributed by atoms with van der Waals surface area (Å²) in [6.45, 7) is -0.540. The highest BCUT2D eigenvalue weighted by molar-refractivity contribution is 5.97. The topological polar surface area (TPSA) is 96.0 Å². The third-order valence-corrected chi connectivity index (χ3v) is 4.41. The summed E-state index contributed by atoms with van der Waals surface area (Å²) in [5.74, 6) is -1.37. The van der Waals surface area contributed by atoms with Crippen LogP contribution in [0.4, 0.5) is 18.9 Å². The van der Waals surface area contributed by atoms with Crippen molar-refractivity contribution in [3.8, 4) is 17.4 Å². The van der Waals surface area contributed by atoms with E-state index in [1.807, 2.05) is 0 Å².